The molecule has 0 aromatic heterocycles. The van der Waals surface area contributed by atoms with Crippen molar-refractivity contribution in [3.05, 3.63) is 12.2 Å². The third-order valence-corrected chi connectivity index (χ3v) is 3.30. The second kappa shape index (κ2) is 8.27. The maximum absolute atomic E-state index is 11.4. The van der Waals surface area contributed by atoms with Crippen LogP contribution in [0.3, 0.4) is 0 Å². The minimum Gasteiger partial charge on any atom is -0.463 e. The summed E-state index contributed by atoms with van der Waals surface area (Å²) in [4.78, 5) is 13.9. The summed E-state index contributed by atoms with van der Waals surface area (Å²) in [7, 11) is 0. The molecule has 1 aliphatic heterocycles. The first-order valence-electron chi connectivity index (χ1n) is 6.98. The molecular weight excluding hydrogens is 228 g/mol. The van der Waals surface area contributed by atoms with Crippen molar-refractivity contribution in [1.82, 2.24) is 10.2 Å². The van der Waals surface area contributed by atoms with Gasteiger partial charge in [0.2, 0.25) is 0 Å². The zero-order valence-corrected chi connectivity index (χ0v) is 11.7. The van der Waals surface area contributed by atoms with Crippen LogP contribution in [0.4, 0.5) is 0 Å². The van der Waals surface area contributed by atoms with Crippen LogP contribution < -0.4 is 5.32 Å². The second-order valence-electron chi connectivity index (χ2n) is 4.82. The Morgan fingerprint density at radius 3 is 2.61 bits per heavy atom. The fraction of sp³-hybridized carbons (Fsp3) is 0.786. The molecule has 0 aromatic rings. The zero-order valence-electron chi connectivity index (χ0n) is 11.7. The van der Waals surface area contributed by atoms with Crippen LogP contribution in [0.25, 0.3) is 0 Å². The summed E-state index contributed by atoms with van der Waals surface area (Å²) >= 11 is 0. The van der Waals surface area contributed by atoms with Crippen molar-refractivity contribution < 1.29 is 9.53 Å². The van der Waals surface area contributed by atoms with E-state index >= 15 is 0 Å². The lowest BCUT2D eigenvalue weighted by atomic mass is 10.0. The highest BCUT2D eigenvalue weighted by molar-refractivity contribution is 5.88. The molecule has 0 aliphatic carbocycles. The van der Waals surface area contributed by atoms with Crippen LogP contribution >= 0.6 is 0 Å². The highest BCUT2D eigenvalue weighted by Gasteiger charge is 2.18. The third-order valence-electron chi connectivity index (χ3n) is 3.30. The van der Waals surface area contributed by atoms with Crippen molar-refractivity contribution >= 4 is 5.97 Å². The Labute approximate surface area is 110 Å². The Bertz CT molecular complexity index is 271. The van der Waals surface area contributed by atoms with E-state index in [1.807, 2.05) is 6.92 Å². The van der Waals surface area contributed by atoms with E-state index in [-0.39, 0.29) is 5.97 Å². The third kappa shape index (κ3) is 5.19. The van der Waals surface area contributed by atoms with Gasteiger partial charge >= 0.3 is 5.97 Å². The van der Waals surface area contributed by atoms with Crippen LogP contribution in [0.15, 0.2) is 12.2 Å². The molecule has 4 nitrogen and oxygen atoms in total. The Hall–Kier alpha value is -0.870. The maximum Gasteiger partial charge on any atom is 0.334 e. The van der Waals surface area contributed by atoms with E-state index in [2.05, 4.69) is 23.7 Å². The summed E-state index contributed by atoms with van der Waals surface area (Å²) in [6.45, 7) is 12.2. The van der Waals surface area contributed by atoms with Gasteiger partial charge in [-0.25, -0.2) is 4.79 Å². The molecule has 1 rings (SSSR count). The highest BCUT2D eigenvalue weighted by Crippen LogP contribution is 2.10. The van der Waals surface area contributed by atoms with Gasteiger partial charge in [-0.3, -0.25) is 0 Å². The summed E-state index contributed by atoms with van der Waals surface area (Å²) in [5.41, 5.74) is 0.521. The Balaban J connectivity index is 2.17. The first-order valence-corrected chi connectivity index (χ1v) is 6.98. The number of hydrogen-bond acceptors (Lipinski definition) is 4. The van der Waals surface area contributed by atoms with Crippen molar-refractivity contribution in [3.8, 4) is 0 Å². The Morgan fingerprint density at radius 1 is 1.39 bits per heavy atom. The van der Waals surface area contributed by atoms with Crippen molar-refractivity contribution in [1.29, 1.82) is 0 Å². The topological polar surface area (TPSA) is 41.6 Å². The molecule has 0 atom stereocenters. The van der Waals surface area contributed by atoms with Gasteiger partial charge in [-0.05, 0) is 45.8 Å². The normalized spacial score (nSPS) is 17.7. The molecule has 0 bridgehead atoms. The molecular formula is C14H26N2O2. The van der Waals surface area contributed by atoms with E-state index < -0.39 is 0 Å². The largest absolute Gasteiger partial charge is 0.463 e. The molecule has 1 heterocycles. The summed E-state index contributed by atoms with van der Waals surface area (Å²) in [5, 5.41) is 3.40. The van der Waals surface area contributed by atoms with Crippen molar-refractivity contribution in [2.75, 3.05) is 32.8 Å². The summed E-state index contributed by atoms with van der Waals surface area (Å²) in [5.74, 6) is -0.284. The lowest BCUT2D eigenvalue weighted by molar-refractivity contribution is -0.138. The molecule has 0 radical (unpaired) electrons. The number of carbonyl (C=O) groups excluding carboxylic acids is 1. The quantitative estimate of drug-likeness (QED) is 0.553. The number of ether oxygens (including phenoxy) is 1. The number of nitrogens with zero attached hydrogens (tertiary/aromatic N) is 1. The van der Waals surface area contributed by atoms with Gasteiger partial charge in [0.15, 0.2) is 0 Å². The van der Waals surface area contributed by atoms with Gasteiger partial charge in [0.25, 0.3) is 0 Å². The summed E-state index contributed by atoms with van der Waals surface area (Å²) < 4.78 is 4.91. The molecule has 1 N–H and O–H groups in total. The van der Waals surface area contributed by atoms with Crippen LogP contribution in [-0.4, -0.2) is 49.7 Å². The highest BCUT2D eigenvalue weighted by atomic mass is 16.5. The van der Waals surface area contributed by atoms with Gasteiger partial charge in [0, 0.05) is 18.2 Å². The van der Waals surface area contributed by atoms with Gasteiger partial charge in [0.05, 0.1) is 6.61 Å². The van der Waals surface area contributed by atoms with Crippen LogP contribution in [0.5, 0.6) is 0 Å². The average molecular weight is 254 g/mol. The molecule has 0 saturated carbocycles. The monoisotopic (exact) mass is 254 g/mol. The number of rotatable bonds is 7. The predicted octanol–water partition coefficient (Wildman–Crippen LogP) is 1.57. The van der Waals surface area contributed by atoms with Crippen molar-refractivity contribution in [3.63, 3.8) is 0 Å². The van der Waals surface area contributed by atoms with Gasteiger partial charge in [-0.15, -0.1) is 0 Å². The van der Waals surface area contributed by atoms with Crippen LogP contribution in [0.1, 0.15) is 33.1 Å². The molecule has 4 heteroatoms. The second-order valence-corrected chi connectivity index (χ2v) is 4.82. The molecule has 0 spiro atoms. The molecule has 104 valence electrons. The van der Waals surface area contributed by atoms with Gasteiger partial charge in [-0.2, -0.15) is 0 Å². The van der Waals surface area contributed by atoms with Crippen LogP contribution in [-0.2, 0) is 9.53 Å². The average Bonchev–Trinajstić information content (AvgIpc) is 2.38. The fourth-order valence-electron chi connectivity index (χ4n) is 2.25. The van der Waals surface area contributed by atoms with Crippen LogP contribution in [0.2, 0.25) is 0 Å². The first kappa shape index (κ1) is 15.2. The van der Waals surface area contributed by atoms with E-state index in [1.165, 1.54) is 13.0 Å². The maximum atomic E-state index is 11.4. The molecule has 1 fully saturated rings. The number of likely N-dealkylation sites (tertiary alicyclic amines) is 1. The molecule has 0 aromatic carbocycles. The van der Waals surface area contributed by atoms with Crippen molar-refractivity contribution in [2.45, 2.75) is 39.2 Å². The van der Waals surface area contributed by atoms with E-state index in [0.717, 1.165) is 25.9 Å². The molecule has 1 saturated heterocycles. The van der Waals surface area contributed by atoms with Crippen LogP contribution in [0, 0.1) is 0 Å². The van der Waals surface area contributed by atoms with E-state index in [1.54, 1.807) is 0 Å². The lowest BCUT2D eigenvalue weighted by Crippen LogP contribution is -2.43. The van der Waals surface area contributed by atoms with Gasteiger partial charge < -0.3 is 15.0 Å². The molecule has 0 amide bonds. The van der Waals surface area contributed by atoms with E-state index in [4.69, 9.17) is 4.74 Å². The Kier molecular flexibility index (Phi) is 6.98. The number of esters is 1. The van der Waals surface area contributed by atoms with E-state index in [0.29, 0.717) is 24.8 Å². The summed E-state index contributed by atoms with van der Waals surface area (Å²) in [6.07, 6.45) is 3.52. The SMILES string of the molecule is C=C(CNC1CCN(CCC)CC1)C(=O)OCC. The number of piperidine rings is 1. The zero-order chi connectivity index (χ0) is 13.4. The number of hydrogen-bond donors (Lipinski definition) is 1. The first-order chi connectivity index (χ1) is 8.67. The lowest BCUT2D eigenvalue weighted by Gasteiger charge is -2.32. The smallest absolute Gasteiger partial charge is 0.334 e. The molecule has 0 unspecified atom stereocenters. The minimum atomic E-state index is -0.284. The van der Waals surface area contributed by atoms with Crippen molar-refractivity contribution in [2.24, 2.45) is 0 Å². The van der Waals surface area contributed by atoms with Gasteiger partial charge in [0.1, 0.15) is 0 Å². The summed E-state index contributed by atoms with van der Waals surface area (Å²) in [6, 6.07) is 0.504. The number of nitrogens with one attached hydrogen (secondary N) is 1. The molecule has 1 aliphatic rings. The van der Waals surface area contributed by atoms with Gasteiger partial charge in [-0.1, -0.05) is 13.5 Å². The van der Waals surface area contributed by atoms with E-state index in [9.17, 15) is 4.79 Å². The standard InChI is InChI=1S/C14H26N2O2/c1-4-8-16-9-6-13(7-10-16)15-11-12(3)14(17)18-5-2/h13,15H,3-11H2,1-2H3. The minimum absolute atomic E-state index is 0.284. The predicted molar refractivity (Wildman–Crippen MR) is 73.5 cm³/mol. The Morgan fingerprint density at radius 2 is 2.06 bits per heavy atom. The molecule has 18 heavy (non-hydrogen) atoms. The number of carbonyl (C=O) groups is 1. The fourth-order valence-corrected chi connectivity index (χ4v) is 2.25.